The molecule has 0 aliphatic carbocycles. The molecule has 0 atom stereocenters. The summed E-state index contributed by atoms with van der Waals surface area (Å²) in [6.45, 7) is 3.36. The highest BCUT2D eigenvalue weighted by molar-refractivity contribution is 7.89. The average molecular weight is 315 g/mol. The summed E-state index contributed by atoms with van der Waals surface area (Å²) >= 11 is 0. The summed E-state index contributed by atoms with van der Waals surface area (Å²) in [7, 11) is -3.79. The van der Waals surface area contributed by atoms with E-state index in [1.165, 1.54) is 18.2 Å². The second-order valence-electron chi connectivity index (χ2n) is 4.48. The van der Waals surface area contributed by atoms with Gasteiger partial charge in [-0.2, -0.15) is 15.8 Å². The van der Waals surface area contributed by atoms with Crippen LogP contribution in [0, 0.1) is 34.0 Å². The molecule has 0 fully saturated rings. The van der Waals surface area contributed by atoms with E-state index < -0.39 is 15.6 Å². The molecule has 0 radical (unpaired) electrons. The minimum atomic E-state index is -3.79. The van der Waals surface area contributed by atoms with E-state index in [2.05, 4.69) is 10.0 Å². The topological polar surface area (TPSA) is 130 Å². The van der Waals surface area contributed by atoms with Crippen molar-refractivity contribution in [2.24, 2.45) is 0 Å². The monoisotopic (exact) mass is 315 g/mol. The van der Waals surface area contributed by atoms with E-state index in [9.17, 15) is 8.42 Å². The van der Waals surface area contributed by atoms with Crippen molar-refractivity contribution in [1.82, 2.24) is 4.72 Å². The Kier molecular flexibility index (Phi) is 5.65. The minimum Gasteiger partial charge on any atom is -0.344 e. The number of rotatable bonds is 5. The summed E-state index contributed by atoms with van der Waals surface area (Å²) in [6.07, 6.45) is 0. The first kappa shape index (κ1) is 17.2. The van der Waals surface area contributed by atoms with Gasteiger partial charge in [-0.15, -0.1) is 0 Å². The molecule has 0 spiro atoms. The minimum absolute atomic E-state index is 0.0771. The third-order valence-corrected chi connectivity index (χ3v) is 4.13. The number of nitriles is 3. The highest BCUT2D eigenvalue weighted by atomic mass is 32.2. The van der Waals surface area contributed by atoms with Gasteiger partial charge in [-0.05, 0) is 26.0 Å². The molecule has 0 unspecified atom stereocenters. The van der Waals surface area contributed by atoms with E-state index in [-0.39, 0.29) is 22.3 Å². The first-order chi connectivity index (χ1) is 10.4. The zero-order valence-electron chi connectivity index (χ0n) is 12.0. The first-order valence-corrected chi connectivity index (χ1v) is 7.67. The molecular weight excluding hydrogens is 302 g/mol. The Morgan fingerprint density at radius 2 is 1.68 bits per heavy atom. The van der Waals surface area contributed by atoms with Crippen molar-refractivity contribution < 1.29 is 8.42 Å². The molecule has 0 aliphatic heterocycles. The summed E-state index contributed by atoms with van der Waals surface area (Å²) < 4.78 is 27.0. The standard InChI is InChI=1S/C14H13N5O2S/c1-10(2)19-22(20,21)14-6-4-3-5-12(14)18-13(9-17)11(7-15)8-16/h3-6,10,18-19H,1-2H3. The van der Waals surface area contributed by atoms with E-state index in [1.807, 2.05) is 0 Å². The lowest BCUT2D eigenvalue weighted by Gasteiger charge is -2.14. The number of para-hydroxylation sites is 1. The fourth-order valence-corrected chi connectivity index (χ4v) is 3.01. The van der Waals surface area contributed by atoms with Gasteiger partial charge in [-0.3, -0.25) is 0 Å². The van der Waals surface area contributed by atoms with E-state index in [4.69, 9.17) is 15.8 Å². The summed E-state index contributed by atoms with van der Waals surface area (Å²) in [5, 5.41) is 29.2. The Hall–Kier alpha value is -2.86. The molecule has 22 heavy (non-hydrogen) atoms. The highest BCUT2D eigenvalue weighted by Gasteiger charge is 2.20. The van der Waals surface area contributed by atoms with Crippen molar-refractivity contribution in [3.63, 3.8) is 0 Å². The molecular formula is C14H13N5O2S. The molecule has 0 aliphatic rings. The Morgan fingerprint density at radius 1 is 1.09 bits per heavy atom. The number of benzene rings is 1. The molecule has 1 aromatic rings. The van der Waals surface area contributed by atoms with Crippen molar-refractivity contribution in [1.29, 1.82) is 15.8 Å². The van der Waals surface area contributed by atoms with Gasteiger partial charge >= 0.3 is 0 Å². The molecule has 1 rings (SSSR count). The van der Waals surface area contributed by atoms with E-state index in [1.54, 1.807) is 38.1 Å². The fraction of sp³-hybridized carbons (Fsp3) is 0.214. The van der Waals surface area contributed by atoms with Crippen LogP contribution in [0.1, 0.15) is 13.8 Å². The maximum atomic E-state index is 12.3. The molecule has 112 valence electrons. The van der Waals surface area contributed by atoms with E-state index >= 15 is 0 Å². The van der Waals surface area contributed by atoms with Gasteiger partial charge in [-0.25, -0.2) is 13.1 Å². The molecule has 7 nitrogen and oxygen atoms in total. The van der Waals surface area contributed by atoms with Gasteiger partial charge in [0.1, 0.15) is 28.8 Å². The number of sulfonamides is 1. The molecule has 0 heterocycles. The van der Waals surface area contributed by atoms with Crippen LogP contribution in [-0.4, -0.2) is 14.5 Å². The normalized spacial score (nSPS) is 10.2. The number of hydrogen-bond acceptors (Lipinski definition) is 6. The van der Waals surface area contributed by atoms with Gasteiger partial charge in [0.15, 0.2) is 5.57 Å². The Labute approximate surface area is 129 Å². The molecule has 0 saturated carbocycles. The van der Waals surface area contributed by atoms with E-state index in [0.717, 1.165) is 0 Å². The van der Waals surface area contributed by atoms with Crippen molar-refractivity contribution in [3.05, 3.63) is 35.5 Å². The van der Waals surface area contributed by atoms with Crippen LogP contribution in [-0.2, 0) is 10.0 Å². The molecule has 0 saturated heterocycles. The Morgan fingerprint density at radius 3 is 2.18 bits per heavy atom. The van der Waals surface area contributed by atoms with Crippen LogP contribution in [0.25, 0.3) is 0 Å². The quantitative estimate of drug-likeness (QED) is 0.794. The lowest BCUT2D eigenvalue weighted by Crippen LogP contribution is -2.30. The van der Waals surface area contributed by atoms with Crippen LogP contribution in [0.4, 0.5) is 5.69 Å². The van der Waals surface area contributed by atoms with Crippen molar-refractivity contribution in [3.8, 4) is 18.2 Å². The lowest BCUT2D eigenvalue weighted by molar-refractivity contribution is 0.570. The SMILES string of the molecule is CC(C)NS(=O)(=O)c1ccccc1NC(C#N)=C(C#N)C#N. The predicted molar refractivity (Wildman–Crippen MR) is 79.4 cm³/mol. The highest BCUT2D eigenvalue weighted by Crippen LogP contribution is 2.23. The Balaban J connectivity index is 3.37. The van der Waals surface area contributed by atoms with Gasteiger partial charge in [0, 0.05) is 6.04 Å². The first-order valence-electron chi connectivity index (χ1n) is 6.18. The van der Waals surface area contributed by atoms with Crippen molar-refractivity contribution >= 4 is 15.7 Å². The number of allylic oxidation sites excluding steroid dienone is 2. The molecule has 0 amide bonds. The van der Waals surface area contributed by atoms with Gasteiger partial charge < -0.3 is 5.32 Å². The molecule has 0 bridgehead atoms. The number of nitrogens with zero attached hydrogens (tertiary/aromatic N) is 3. The van der Waals surface area contributed by atoms with Crippen LogP contribution in [0.15, 0.2) is 40.4 Å². The lowest BCUT2D eigenvalue weighted by atomic mass is 10.2. The summed E-state index contributed by atoms with van der Waals surface area (Å²) in [4.78, 5) is -0.0771. The maximum absolute atomic E-state index is 12.3. The van der Waals surface area contributed by atoms with Gasteiger partial charge in [0.2, 0.25) is 10.0 Å². The summed E-state index contributed by atoms with van der Waals surface area (Å²) in [5.41, 5.74) is -0.626. The van der Waals surface area contributed by atoms with Gasteiger partial charge in [0.05, 0.1) is 5.69 Å². The zero-order valence-corrected chi connectivity index (χ0v) is 12.8. The van der Waals surface area contributed by atoms with Gasteiger partial charge in [-0.1, -0.05) is 12.1 Å². The maximum Gasteiger partial charge on any atom is 0.242 e. The Bertz CT molecular complexity index is 804. The van der Waals surface area contributed by atoms with Gasteiger partial charge in [0.25, 0.3) is 0 Å². The molecule has 1 aromatic carbocycles. The summed E-state index contributed by atoms with van der Waals surface area (Å²) in [5.74, 6) is 0. The van der Waals surface area contributed by atoms with Crippen LogP contribution in [0.5, 0.6) is 0 Å². The van der Waals surface area contributed by atoms with Crippen LogP contribution >= 0.6 is 0 Å². The average Bonchev–Trinajstić information content (AvgIpc) is 2.46. The third-order valence-electron chi connectivity index (χ3n) is 2.41. The number of nitrogens with one attached hydrogen (secondary N) is 2. The molecule has 0 aromatic heterocycles. The van der Waals surface area contributed by atoms with Crippen LogP contribution < -0.4 is 10.0 Å². The zero-order chi connectivity index (χ0) is 16.8. The second-order valence-corrected chi connectivity index (χ2v) is 6.16. The predicted octanol–water partition coefficient (Wildman–Crippen LogP) is 1.61. The van der Waals surface area contributed by atoms with Crippen LogP contribution in [0.3, 0.4) is 0 Å². The van der Waals surface area contributed by atoms with Crippen molar-refractivity contribution in [2.75, 3.05) is 5.32 Å². The molecule has 8 heteroatoms. The largest absolute Gasteiger partial charge is 0.344 e. The number of hydrogen-bond donors (Lipinski definition) is 2. The smallest absolute Gasteiger partial charge is 0.242 e. The van der Waals surface area contributed by atoms with Crippen molar-refractivity contribution in [2.45, 2.75) is 24.8 Å². The second kappa shape index (κ2) is 7.24. The fourth-order valence-electron chi connectivity index (χ4n) is 1.60. The number of anilines is 1. The van der Waals surface area contributed by atoms with Crippen LogP contribution in [0.2, 0.25) is 0 Å². The van der Waals surface area contributed by atoms with E-state index in [0.29, 0.717) is 0 Å². The summed E-state index contributed by atoms with van der Waals surface area (Å²) in [6, 6.07) is 10.4. The third kappa shape index (κ3) is 4.07. The molecule has 2 N–H and O–H groups in total.